The topological polar surface area (TPSA) is 328 Å². The lowest BCUT2D eigenvalue weighted by molar-refractivity contribution is -0.155. The number of hydrogen-bond acceptors (Lipinski definition) is 14. The maximum atomic E-state index is 15.1. The molecule has 0 spiro atoms. The highest BCUT2D eigenvalue weighted by Crippen LogP contribution is 2.24. The van der Waals surface area contributed by atoms with Gasteiger partial charge >= 0.3 is 0 Å². The van der Waals surface area contributed by atoms with Crippen LogP contribution in [-0.2, 0) is 52.7 Å². The van der Waals surface area contributed by atoms with E-state index >= 15 is 4.79 Å². The molecular formula is C62H111N11O14. The van der Waals surface area contributed by atoms with Gasteiger partial charge in [-0.3, -0.25) is 52.7 Å². The summed E-state index contributed by atoms with van der Waals surface area (Å²) in [6.45, 7) is 26.0. The zero-order valence-corrected chi connectivity index (χ0v) is 56.3. The van der Waals surface area contributed by atoms with E-state index < -0.39 is 162 Å². The summed E-state index contributed by atoms with van der Waals surface area (Å²) in [5.74, 6) is -11.3. The molecule has 0 unspecified atom stereocenters. The molecule has 1 heterocycles. The number of nitrogens with one attached hydrogen (secondary N) is 5. The zero-order valence-electron chi connectivity index (χ0n) is 56.3. The normalized spacial score (nSPS) is 27.1. The van der Waals surface area contributed by atoms with Crippen molar-refractivity contribution in [3.05, 3.63) is 12.2 Å². The number of allylic oxidation sites excluding steroid dienone is 2. The quantitative estimate of drug-likeness (QED) is 0.0952. The van der Waals surface area contributed by atoms with Crippen LogP contribution < -0.4 is 26.6 Å². The molecule has 25 heteroatoms. The van der Waals surface area contributed by atoms with Gasteiger partial charge in [-0.25, -0.2) is 0 Å². The second-order valence-corrected chi connectivity index (χ2v) is 26.3. The van der Waals surface area contributed by atoms with Crippen LogP contribution in [0.5, 0.6) is 0 Å². The van der Waals surface area contributed by atoms with Gasteiger partial charge in [0.05, 0.1) is 18.8 Å². The Morgan fingerprint density at radius 3 is 1.32 bits per heavy atom. The van der Waals surface area contributed by atoms with Crippen LogP contribution in [0, 0.1) is 41.4 Å². The first-order valence-electron chi connectivity index (χ1n) is 30.9. The smallest absolute Gasteiger partial charge is 0.248 e. The molecular weight excluding hydrogens is 1120 g/mol. The second-order valence-electron chi connectivity index (χ2n) is 26.3. The lowest BCUT2D eigenvalue weighted by Crippen LogP contribution is -2.64. The summed E-state index contributed by atoms with van der Waals surface area (Å²) >= 11 is 0. The molecule has 498 valence electrons. The van der Waals surface area contributed by atoms with Crippen molar-refractivity contribution in [1.82, 2.24) is 56.0 Å². The van der Waals surface area contributed by atoms with Crippen LogP contribution in [0.1, 0.15) is 149 Å². The van der Waals surface area contributed by atoms with Gasteiger partial charge in [-0.1, -0.05) is 95.2 Å². The van der Waals surface area contributed by atoms with Crippen molar-refractivity contribution in [3.8, 4) is 0 Å². The highest BCUT2D eigenvalue weighted by Gasteiger charge is 2.45. The molecule has 0 aromatic carbocycles. The van der Waals surface area contributed by atoms with E-state index in [1.807, 2.05) is 55.4 Å². The number of nitrogens with zero attached hydrogens (tertiary/aromatic N) is 6. The highest BCUT2D eigenvalue weighted by molar-refractivity contribution is 5.99. The lowest BCUT2D eigenvalue weighted by Gasteiger charge is -2.40. The summed E-state index contributed by atoms with van der Waals surface area (Å²) in [6.07, 6.45) is 0.823. The summed E-state index contributed by atoms with van der Waals surface area (Å²) in [4.78, 5) is 166. The van der Waals surface area contributed by atoms with Crippen molar-refractivity contribution in [3.63, 3.8) is 0 Å². The van der Waals surface area contributed by atoms with Crippen LogP contribution in [0.2, 0.25) is 0 Å². The Kier molecular flexibility index (Phi) is 32.9. The summed E-state index contributed by atoms with van der Waals surface area (Å²) < 4.78 is 0. The minimum atomic E-state index is -1.76. The van der Waals surface area contributed by atoms with Crippen LogP contribution in [0.15, 0.2) is 12.2 Å². The molecule has 11 amide bonds. The highest BCUT2D eigenvalue weighted by atomic mass is 16.3. The molecule has 0 radical (unpaired) electrons. The molecule has 0 aliphatic carbocycles. The molecule has 87 heavy (non-hydrogen) atoms. The lowest BCUT2D eigenvalue weighted by atomic mass is 9.91. The van der Waals surface area contributed by atoms with Crippen LogP contribution >= 0.6 is 0 Å². The van der Waals surface area contributed by atoms with Crippen molar-refractivity contribution in [1.29, 1.82) is 0 Å². The van der Waals surface area contributed by atoms with Gasteiger partial charge in [0.25, 0.3) is 0 Å². The number of likely N-dealkylation sites (N-methyl/N-ethyl adjacent to an activating group) is 6. The Labute approximate surface area is 518 Å². The molecule has 1 aliphatic rings. The molecule has 1 aliphatic heterocycles. The van der Waals surface area contributed by atoms with Crippen molar-refractivity contribution < 1.29 is 68.1 Å². The Morgan fingerprint density at radius 1 is 0.471 bits per heavy atom. The van der Waals surface area contributed by atoms with Crippen LogP contribution in [0.4, 0.5) is 0 Å². The number of aliphatic hydroxyl groups excluding tert-OH is 3. The zero-order chi connectivity index (χ0) is 67.4. The van der Waals surface area contributed by atoms with Crippen molar-refractivity contribution in [2.24, 2.45) is 41.4 Å². The molecule has 1 fully saturated rings. The average molecular weight is 1230 g/mol. The molecule has 14 atom stereocenters. The fraction of sp³-hybridized carbons (Fsp3) is 0.790. The number of amides is 11. The third-order valence-corrected chi connectivity index (χ3v) is 16.0. The van der Waals surface area contributed by atoms with Gasteiger partial charge < -0.3 is 71.3 Å². The maximum Gasteiger partial charge on any atom is 0.248 e. The Balaban J connectivity index is 4.36. The third kappa shape index (κ3) is 23.4. The first-order valence-corrected chi connectivity index (χ1v) is 30.9. The summed E-state index contributed by atoms with van der Waals surface area (Å²) in [5.41, 5.74) is 0. The van der Waals surface area contributed by atoms with Gasteiger partial charge in [-0.15, -0.1) is 0 Å². The third-order valence-electron chi connectivity index (χ3n) is 16.0. The minimum Gasteiger partial charge on any atom is -0.396 e. The van der Waals surface area contributed by atoms with E-state index in [1.54, 1.807) is 46.8 Å². The molecule has 0 aromatic heterocycles. The predicted molar refractivity (Wildman–Crippen MR) is 331 cm³/mol. The molecule has 0 bridgehead atoms. The molecule has 0 aromatic rings. The Hall–Kier alpha value is -6.21. The van der Waals surface area contributed by atoms with Crippen LogP contribution in [-0.4, -0.2) is 238 Å². The number of carbonyl (C=O) groups is 11. The van der Waals surface area contributed by atoms with E-state index in [4.69, 9.17) is 0 Å². The summed E-state index contributed by atoms with van der Waals surface area (Å²) in [7, 11) is 8.01. The number of hydrogen-bond donors (Lipinski definition) is 8. The van der Waals surface area contributed by atoms with E-state index in [1.165, 1.54) is 68.0 Å². The van der Waals surface area contributed by atoms with Crippen molar-refractivity contribution >= 4 is 65.0 Å². The van der Waals surface area contributed by atoms with Gasteiger partial charge in [0.15, 0.2) is 0 Å². The summed E-state index contributed by atoms with van der Waals surface area (Å²) in [5, 5.41) is 46.9. The largest absolute Gasteiger partial charge is 0.396 e. The van der Waals surface area contributed by atoms with E-state index in [-0.39, 0.29) is 68.8 Å². The minimum absolute atomic E-state index is 0.0467. The van der Waals surface area contributed by atoms with Gasteiger partial charge in [-0.2, -0.15) is 0 Å². The number of aliphatic hydroxyl groups is 3. The first kappa shape index (κ1) is 78.8. The van der Waals surface area contributed by atoms with Gasteiger partial charge in [0.2, 0.25) is 65.0 Å². The second kappa shape index (κ2) is 36.3. The van der Waals surface area contributed by atoms with E-state index in [9.17, 15) is 63.3 Å². The maximum absolute atomic E-state index is 15.1. The van der Waals surface area contributed by atoms with Crippen LogP contribution in [0.3, 0.4) is 0 Å². The fourth-order valence-corrected chi connectivity index (χ4v) is 10.6. The molecule has 25 nitrogen and oxygen atoms in total. The average Bonchev–Trinajstić information content (AvgIpc) is 1.34. The Morgan fingerprint density at radius 2 is 0.885 bits per heavy atom. The fourth-order valence-electron chi connectivity index (χ4n) is 10.6. The molecule has 1 rings (SSSR count). The standard InChI is InChI=1S/C62H111N11O14/c1-23-24-25-39(13)52(77)51-57(82)67-49(42(16)75)61(86)68(17)31-48(76)69(18)45(28-35(6)7)55(80)65-43(26-33(2)3)59(84)71(20)46(29-36(8)9)54(79)63-40(14)53(78)64-41(15)58(83)70(19)47(30-38(12)32-74)56(81)66-44(27-34(4)5)60(85)72(21)50(37(10)11)62(87)73(51)22/h23-24,33-47,49-52,74-75,77H,25-32H2,1-22H3,(H,63,79)(H,64,78)(H,65,80)(H,66,81)(H,67,82)/t38-,39-,40+,41-,42-,43+,44+,45+,46+,47+,49+,50+,51+,52-/m1/s1. The van der Waals surface area contributed by atoms with Gasteiger partial charge in [0.1, 0.15) is 60.4 Å². The predicted octanol–water partition coefficient (Wildman–Crippen LogP) is 1.26. The van der Waals surface area contributed by atoms with Gasteiger partial charge in [-0.05, 0) is 108 Å². The number of rotatable bonds is 17. The van der Waals surface area contributed by atoms with Gasteiger partial charge in [0, 0.05) is 48.9 Å². The molecule has 8 N–H and O–H groups in total. The molecule has 1 saturated heterocycles. The monoisotopic (exact) mass is 1230 g/mol. The van der Waals surface area contributed by atoms with E-state index in [2.05, 4.69) is 26.6 Å². The van der Waals surface area contributed by atoms with E-state index in [0.29, 0.717) is 0 Å². The van der Waals surface area contributed by atoms with Crippen molar-refractivity contribution in [2.45, 2.75) is 222 Å². The molecule has 0 saturated carbocycles. The van der Waals surface area contributed by atoms with E-state index in [0.717, 1.165) is 24.5 Å². The first-order chi connectivity index (χ1) is 40.2. The SMILES string of the molecule is CC=CC[C@@H](C)[C@@H](O)[C@H]1C(=O)N[C@@H]([C@@H](C)O)C(=O)N(C)CC(=O)N(C)[C@@H](CC(C)C)C(=O)N[C@@H](CC(C)C)C(=O)N(C)[C@@H](CC(C)C)C(=O)N[C@@H](C)C(=O)N[C@H](C)C(=O)N(C)[C@@H](C[C@@H](C)CO)C(=O)N[C@@H](CC(C)C)C(=O)N(C)[C@@H](C(C)C)C(=O)N1C. The number of carbonyl (C=O) groups excluding carboxylic acids is 11. The van der Waals surface area contributed by atoms with Crippen LogP contribution in [0.25, 0.3) is 0 Å². The van der Waals surface area contributed by atoms with Crippen molar-refractivity contribution in [2.75, 3.05) is 55.4 Å². The Bertz CT molecular complexity index is 2370. The summed E-state index contributed by atoms with van der Waals surface area (Å²) in [6, 6.07) is -13.6.